The number of anilines is 1. The van der Waals surface area contributed by atoms with Crippen molar-refractivity contribution in [2.24, 2.45) is 5.73 Å². The van der Waals surface area contributed by atoms with Gasteiger partial charge in [0.25, 0.3) is 0 Å². The number of halogens is 1. The first kappa shape index (κ1) is 13.1. The molecule has 1 aliphatic carbocycles. The molecule has 18 heavy (non-hydrogen) atoms. The van der Waals surface area contributed by atoms with Gasteiger partial charge in [0.2, 0.25) is 11.8 Å². The zero-order valence-electron chi connectivity index (χ0n) is 10.1. The van der Waals surface area contributed by atoms with E-state index in [1.54, 1.807) is 0 Å². The van der Waals surface area contributed by atoms with Crippen molar-refractivity contribution >= 4 is 23.5 Å². The molecule has 1 amide bonds. The van der Waals surface area contributed by atoms with E-state index in [2.05, 4.69) is 10.2 Å². The van der Waals surface area contributed by atoms with Crippen LogP contribution >= 0.6 is 11.6 Å². The normalized spacial score (nSPS) is 16.1. The number of nitrogens with two attached hydrogens (primary N) is 1. The molecule has 1 fully saturated rings. The number of alkyl halides is 1. The maximum atomic E-state index is 11.1. The van der Waals surface area contributed by atoms with Crippen molar-refractivity contribution in [1.82, 2.24) is 10.2 Å². The second-order valence-electron chi connectivity index (χ2n) is 4.45. The fourth-order valence-corrected chi connectivity index (χ4v) is 2.44. The van der Waals surface area contributed by atoms with E-state index in [1.807, 2.05) is 4.90 Å². The molecule has 2 rings (SSSR count). The lowest BCUT2D eigenvalue weighted by Crippen LogP contribution is -2.40. The molecule has 0 saturated heterocycles. The molecule has 2 N–H and O–H groups in total. The minimum Gasteiger partial charge on any atom is -0.408 e. The molecule has 0 aliphatic heterocycles. The third-order valence-electron chi connectivity index (χ3n) is 3.10. The van der Waals surface area contributed by atoms with Gasteiger partial charge in [-0.3, -0.25) is 4.79 Å². The van der Waals surface area contributed by atoms with Crippen molar-refractivity contribution in [2.75, 3.05) is 17.3 Å². The van der Waals surface area contributed by atoms with Crippen LogP contribution in [0.15, 0.2) is 4.42 Å². The van der Waals surface area contributed by atoms with Gasteiger partial charge in [-0.2, -0.15) is 0 Å². The molecule has 0 spiro atoms. The molecule has 0 aromatic carbocycles. The number of amides is 1. The Morgan fingerprint density at radius 2 is 2.17 bits per heavy atom. The van der Waals surface area contributed by atoms with Crippen LogP contribution in [0.5, 0.6) is 0 Å². The van der Waals surface area contributed by atoms with Gasteiger partial charge in [0, 0.05) is 18.3 Å². The predicted octanol–water partition coefficient (Wildman–Crippen LogP) is 1.09. The largest absolute Gasteiger partial charge is 0.408 e. The van der Waals surface area contributed by atoms with Crippen LogP contribution in [0.4, 0.5) is 6.01 Å². The number of carbonyl (C=O) groups excluding carboxylic acids is 1. The molecule has 0 unspecified atom stereocenters. The van der Waals surface area contributed by atoms with Gasteiger partial charge in [-0.15, -0.1) is 16.7 Å². The molecule has 1 aliphatic rings. The zero-order valence-corrected chi connectivity index (χ0v) is 10.9. The van der Waals surface area contributed by atoms with Gasteiger partial charge in [0.15, 0.2) is 0 Å². The summed E-state index contributed by atoms with van der Waals surface area (Å²) in [6, 6.07) is 0.641. The molecule has 0 radical (unpaired) electrons. The fraction of sp³-hybridized carbons (Fsp3) is 0.727. The van der Waals surface area contributed by atoms with Crippen LogP contribution in [-0.2, 0) is 11.2 Å². The van der Waals surface area contributed by atoms with Crippen molar-refractivity contribution in [1.29, 1.82) is 0 Å². The van der Waals surface area contributed by atoms with Crippen molar-refractivity contribution in [3.8, 4) is 0 Å². The predicted molar refractivity (Wildman–Crippen MR) is 67.5 cm³/mol. The highest BCUT2D eigenvalue weighted by molar-refractivity contribution is 6.17. The van der Waals surface area contributed by atoms with Crippen LogP contribution < -0.4 is 10.6 Å². The molecule has 0 bridgehead atoms. The summed E-state index contributed by atoms with van der Waals surface area (Å²) in [6.07, 6.45) is 4.90. The minimum absolute atomic E-state index is 0.118. The summed E-state index contributed by atoms with van der Waals surface area (Å²) < 4.78 is 5.51. The van der Waals surface area contributed by atoms with E-state index in [4.69, 9.17) is 21.8 Å². The molecule has 0 atom stereocenters. The summed E-state index contributed by atoms with van der Waals surface area (Å²) in [7, 11) is 0. The molecule has 100 valence electrons. The molecule has 1 aromatic rings. The lowest BCUT2D eigenvalue weighted by atomic mass is 10.2. The summed E-state index contributed by atoms with van der Waals surface area (Å²) in [4.78, 5) is 13.0. The Kier molecular flexibility index (Phi) is 4.41. The molecule has 1 heterocycles. The van der Waals surface area contributed by atoms with E-state index in [0.717, 1.165) is 25.7 Å². The standard InChI is InChI=1S/C11H17ClN4O2/c12-6-5-10-14-15-11(18-10)16(7-9(13)17)8-3-1-2-4-8/h8H,1-7H2,(H2,13,17). The Morgan fingerprint density at radius 3 is 2.78 bits per heavy atom. The van der Waals surface area contributed by atoms with Crippen molar-refractivity contribution < 1.29 is 9.21 Å². The Hall–Kier alpha value is -1.30. The first-order chi connectivity index (χ1) is 8.70. The van der Waals surface area contributed by atoms with Crippen molar-refractivity contribution in [3.05, 3.63) is 5.89 Å². The number of hydrogen-bond donors (Lipinski definition) is 1. The number of rotatable bonds is 6. The lowest BCUT2D eigenvalue weighted by molar-refractivity contribution is -0.116. The van der Waals surface area contributed by atoms with Gasteiger partial charge >= 0.3 is 6.01 Å². The summed E-state index contributed by atoms with van der Waals surface area (Å²) in [5.41, 5.74) is 5.27. The van der Waals surface area contributed by atoms with Crippen LogP contribution in [0.2, 0.25) is 0 Å². The van der Waals surface area contributed by atoms with Gasteiger partial charge in [0.1, 0.15) is 6.54 Å². The number of aromatic nitrogens is 2. The molecular weight excluding hydrogens is 256 g/mol. The Bertz CT molecular complexity index is 404. The van der Waals surface area contributed by atoms with Crippen molar-refractivity contribution in [2.45, 2.75) is 38.1 Å². The maximum Gasteiger partial charge on any atom is 0.318 e. The van der Waals surface area contributed by atoms with E-state index >= 15 is 0 Å². The third kappa shape index (κ3) is 3.13. The second-order valence-corrected chi connectivity index (χ2v) is 4.83. The Labute approximate surface area is 110 Å². The first-order valence-electron chi connectivity index (χ1n) is 6.14. The van der Waals surface area contributed by atoms with Crippen molar-refractivity contribution in [3.63, 3.8) is 0 Å². The van der Waals surface area contributed by atoms with Gasteiger partial charge in [-0.1, -0.05) is 17.9 Å². The van der Waals surface area contributed by atoms with Gasteiger partial charge in [-0.25, -0.2) is 0 Å². The fourth-order valence-electron chi connectivity index (χ4n) is 2.28. The summed E-state index contributed by atoms with van der Waals surface area (Å²) in [5.74, 6) is 0.535. The first-order valence-corrected chi connectivity index (χ1v) is 6.67. The quantitative estimate of drug-likeness (QED) is 0.784. The average Bonchev–Trinajstić information content (AvgIpc) is 2.97. The summed E-state index contributed by atoms with van der Waals surface area (Å²) in [5, 5.41) is 7.89. The number of nitrogens with zero attached hydrogens (tertiary/aromatic N) is 3. The van der Waals surface area contributed by atoms with E-state index < -0.39 is 0 Å². The monoisotopic (exact) mass is 272 g/mol. The summed E-state index contributed by atoms with van der Waals surface area (Å²) in [6.45, 7) is 0.118. The smallest absolute Gasteiger partial charge is 0.318 e. The van der Waals surface area contributed by atoms with Gasteiger partial charge < -0.3 is 15.1 Å². The highest BCUT2D eigenvalue weighted by atomic mass is 35.5. The Balaban J connectivity index is 2.12. The molecule has 6 nitrogen and oxygen atoms in total. The zero-order chi connectivity index (χ0) is 13.0. The average molecular weight is 273 g/mol. The van der Waals surface area contributed by atoms with Crippen LogP contribution in [0.1, 0.15) is 31.6 Å². The number of aryl methyl sites for hydroxylation is 1. The topological polar surface area (TPSA) is 85.3 Å². The van der Waals surface area contributed by atoms with E-state index in [0.29, 0.717) is 24.2 Å². The maximum absolute atomic E-state index is 11.1. The third-order valence-corrected chi connectivity index (χ3v) is 3.29. The number of carbonyl (C=O) groups is 1. The summed E-state index contributed by atoms with van der Waals surface area (Å²) >= 11 is 5.62. The van der Waals surface area contributed by atoms with E-state index in [1.165, 1.54) is 0 Å². The Morgan fingerprint density at radius 1 is 1.44 bits per heavy atom. The second kappa shape index (κ2) is 6.04. The van der Waals surface area contributed by atoms with Gasteiger partial charge in [-0.05, 0) is 12.8 Å². The molecule has 1 saturated carbocycles. The number of primary amides is 1. The van der Waals surface area contributed by atoms with Crippen LogP contribution in [0.3, 0.4) is 0 Å². The highest BCUT2D eigenvalue weighted by Gasteiger charge is 2.27. The van der Waals surface area contributed by atoms with E-state index in [-0.39, 0.29) is 18.5 Å². The minimum atomic E-state index is -0.390. The molecule has 7 heteroatoms. The number of hydrogen-bond acceptors (Lipinski definition) is 5. The highest BCUT2D eigenvalue weighted by Crippen LogP contribution is 2.27. The van der Waals surface area contributed by atoms with Crippen LogP contribution in [-0.4, -0.2) is 34.6 Å². The van der Waals surface area contributed by atoms with Gasteiger partial charge in [0.05, 0.1) is 0 Å². The van der Waals surface area contributed by atoms with Crippen LogP contribution in [0, 0.1) is 0 Å². The molecular formula is C11H17ClN4O2. The SMILES string of the molecule is NC(=O)CN(c1nnc(CCCl)o1)C1CCCC1. The van der Waals surface area contributed by atoms with Crippen LogP contribution in [0.25, 0.3) is 0 Å². The molecule has 1 aromatic heterocycles. The lowest BCUT2D eigenvalue weighted by Gasteiger charge is -2.25. The van der Waals surface area contributed by atoms with E-state index in [9.17, 15) is 4.79 Å².